The summed E-state index contributed by atoms with van der Waals surface area (Å²) in [6, 6.07) is 16.2. The highest BCUT2D eigenvalue weighted by molar-refractivity contribution is 6.01. The molecule has 2 aromatic carbocycles. The molecule has 2 heterocycles. The van der Waals surface area contributed by atoms with Gasteiger partial charge in [0.1, 0.15) is 0 Å². The lowest BCUT2D eigenvalue weighted by atomic mass is 9.95. The van der Waals surface area contributed by atoms with Crippen molar-refractivity contribution in [2.75, 3.05) is 31.3 Å². The summed E-state index contributed by atoms with van der Waals surface area (Å²) >= 11 is 0. The molecule has 232 valence electrons. The number of carbonyl (C=O) groups excluding carboxylic acids is 5. The van der Waals surface area contributed by atoms with Gasteiger partial charge in [0, 0.05) is 38.0 Å². The normalized spacial score (nSPS) is 14.3. The van der Waals surface area contributed by atoms with Gasteiger partial charge in [-0.3, -0.25) is 19.2 Å². The van der Waals surface area contributed by atoms with E-state index in [-0.39, 0.29) is 44.6 Å². The van der Waals surface area contributed by atoms with Crippen molar-refractivity contribution in [3.63, 3.8) is 0 Å². The zero-order chi connectivity index (χ0) is 31.2. The second-order valence-electron chi connectivity index (χ2n) is 10.7. The van der Waals surface area contributed by atoms with Crippen LogP contribution in [0.5, 0.6) is 0 Å². The largest absolute Gasteiger partial charge is 0.379 e. The van der Waals surface area contributed by atoms with E-state index in [1.165, 1.54) is 5.56 Å². The summed E-state index contributed by atoms with van der Waals surface area (Å²) in [5.74, 6) is -1.65. The van der Waals surface area contributed by atoms with Crippen LogP contribution in [0.4, 0.5) is 5.69 Å². The SMILES string of the molecule is CC(C)COCCOCCC(=O)ON1C(=O)CCC1=O.NC(=O)CCC(=O)N1Cc2ccccc2CCc2ccccc21. The first-order valence-corrected chi connectivity index (χ1v) is 14.6. The van der Waals surface area contributed by atoms with Crippen molar-refractivity contribution in [1.82, 2.24) is 5.06 Å². The van der Waals surface area contributed by atoms with E-state index in [0.717, 1.165) is 29.7 Å². The topological polar surface area (TPSA) is 146 Å². The lowest BCUT2D eigenvalue weighted by molar-refractivity contribution is -0.198. The molecule has 0 bridgehead atoms. The Morgan fingerprint density at radius 2 is 1.37 bits per heavy atom. The Hall–Kier alpha value is -4.09. The van der Waals surface area contributed by atoms with Gasteiger partial charge in [-0.2, -0.15) is 0 Å². The summed E-state index contributed by atoms with van der Waals surface area (Å²) in [4.78, 5) is 63.9. The molecule has 0 radical (unpaired) electrons. The number of benzene rings is 2. The quantitative estimate of drug-likeness (QED) is 0.291. The van der Waals surface area contributed by atoms with Crippen LogP contribution < -0.4 is 10.6 Å². The number of amides is 4. The summed E-state index contributed by atoms with van der Waals surface area (Å²) < 4.78 is 10.5. The number of aryl methyl sites for hydroxylation is 2. The number of nitrogens with zero attached hydrogens (tertiary/aromatic N) is 2. The fraction of sp³-hybridized carbons (Fsp3) is 0.469. The van der Waals surface area contributed by atoms with Crippen molar-refractivity contribution in [3.05, 3.63) is 65.2 Å². The number of carbonyl (C=O) groups is 5. The Labute approximate surface area is 252 Å². The van der Waals surface area contributed by atoms with Crippen molar-refractivity contribution in [3.8, 4) is 0 Å². The third-order valence-corrected chi connectivity index (χ3v) is 6.75. The highest BCUT2D eigenvalue weighted by Crippen LogP contribution is 2.29. The van der Waals surface area contributed by atoms with Gasteiger partial charge in [-0.1, -0.05) is 56.3 Å². The summed E-state index contributed by atoms with van der Waals surface area (Å²) in [6.07, 6.45) is 2.26. The van der Waals surface area contributed by atoms with Gasteiger partial charge in [0.15, 0.2) is 0 Å². The van der Waals surface area contributed by atoms with E-state index in [2.05, 4.69) is 36.9 Å². The summed E-state index contributed by atoms with van der Waals surface area (Å²) in [7, 11) is 0. The number of fused-ring (bicyclic) bond motifs is 2. The number of ether oxygens (including phenoxy) is 2. The number of hydroxylamine groups is 2. The molecule has 11 nitrogen and oxygen atoms in total. The van der Waals surface area contributed by atoms with E-state index in [0.29, 0.717) is 37.3 Å². The van der Waals surface area contributed by atoms with Crippen LogP contribution in [-0.2, 0) is 57.7 Å². The molecule has 4 rings (SSSR count). The van der Waals surface area contributed by atoms with Crippen LogP contribution in [0.3, 0.4) is 0 Å². The maximum atomic E-state index is 12.7. The third kappa shape index (κ3) is 10.9. The second-order valence-corrected chi connectivity index (χ2v) is 10.7. The monoisotopic (exact) mass is 595 g/mol. The molecule has 2 aliphatic rings. The standard InChI is InChI=1S/C19H20N2O2.C13H21NO6/c20-18(22)11-12-19(23)21-13-16-7-2-1-5-14(16)9-10-15-6-3-4-8-17(15)21;1-10(2)9-19-8-7-18-6-5-13(17)20-14-11(15)3-4-12(14)16/h1-8H,9-13H2,(H2,20,22);10H,3-9H2,1-2H3. The number of imide groups is 1. The van der Waals surface area contributed by atoms with Crippen LogP contribution >= 0.6 is 0 Å². The zero-order valence-electron chi connectivity index (χ0n) is 24.9. The van der Waals surface area contributed by atoms with Crippen molar-refractivity contribution in [2.45, 2.75) is 65.3 Å². The van der Waals surface area contributed by atoms with Crippen LogP contribution in [0.15, 0.2) is 48.5 Å². The van der Waals surface area contributed by atoms with Gasteiger partial charge >= 0.3 is 5.97 Å². The molecular weight excluding hydrogens is 554 g/mol. The van der Waals surface area contributed by atoms with Crippen LogP contribution in [0.1, 0.15) is 62.6 Å². The van der Waals surface area contributed by atoms with Crippen molar-refractivity contribution >= 4 is 35.3 Å². The summed E-state index contributed by atoms with van der Waals surface area (Å²) in [6.45, 7) is 6.34. The first kappa shape index (κ1) is 33.4. The molecule has 43 heavy (non-hydrogen) atoms. The van der Waals surface area contributed by atoms with Crippen molar-refractivity contribution in [2.24, 2.45) is 11.7 Å². The van der Waals surface area contributed by atoms with Crippen molar-refractivity contribution in [1.29, 1.82) is 0 Å². The number of para-hydroxylation sites is 1. The minimum atomic E-state index is -0.656. The van der Waals surface area contributed by atoms with Crippen LogP contribution in [0, 0.1) is 5.92 Å². The van der Waals surface area contributed by atoms with Crippen LogP contribution in [-0.4, -0.2) is 61.1 Å². The molecule has 2 N–H and O–H groups in total. The van der Waals surface area contributed by atoms with E-state index >= 15 is 0 Å². The Balaban J connectivity index is 0.000000238. The fourth-order valence-electron chi connectivity index (χ4n) is 4.55. The summed E-state index contributed by atoms with van der Waals surface area (Å²) in [5, 5.41) is 0.536. The molecule has 1 saturated heterocycles. The summed E-state index contributed by atoms with van der Waals surface area (Å²) in [5.41, 5.74) is 9.72. The molecule has 4 amide bonds. The van der Waals surface area contributed by atoms with E-state index in [4.69, 9.17) is 15.2 Å². The minimum Gasteiger partial charge on any atom is -0.379 e. The molecule has 0 atom stereocenters. The predicted molar refractivity (Wildman–Crippen MR) is 158 cm³/mol. The molecule has 2 aliphatic heterocycles. The Kier molecular flexibility index (Phi) is 13.3. The highest BCUT2D eigenvalue weighted by Gasteiger charge is 2.32. The van der Waals surface area contributed by atoms with Gasteiger partial charge in [0.05, 0.1) is 32.8 Å². The first-order chi connectivity index (χ1) is 20.7. The Morgan fingerprint density at radius 3 is 2.05 bits per heavy atom. The average Bonchev–Trinajstić information content (AvgIpc) is 3.29. The maximum absolute atomic E-state index is 12.7. The Morgan fingerprint density at radius 1 is 0.767 bits per heavy atom. The first-order valence-electron chi connectivity index (χ1n) is 14.6. The predicted octanol–water partition coefficient (Wildman–Crippen LogP) is 3.26. The van der Waals surface area contributed by atoms with Crippen LogP contribution in [0.25, 0.3) is 0 Å². The van der Waals surface area contributed by atoms with Gasteiger partial charge in [-0.15, -0.1) is 5.06 Å². The lowest BCUT2D eigenvalue weighted by Crippen LogP contribution is -2.33. The van der Waals surface area contributed by atoms with Gasteiger partial charge in [0.25, 0.3) is 11.8 Å². The number of nitrogens with two attached hydrogens (primary N) is 1. The Bertz CT molecular complexity index is 1260. The average molecular weight is 596 g/mol. The van der Waals surface area contributed by atoms with E-state index < -0.39 is 23.7 Å². The molecule has 0 aromatic heterocycles. The van der Waals surface area contributed by atoms with Crippen LogP contribution in [0.2, 0.25) is 0 Å². The van der Waals surface area contributed by atoms with E-state index in [9.17, 15) is 24.0 Å². The number of hydrogen-bond acceptors (Lipinski definition) is 8. The van der Waals surface area contributed by atoms with Gasteiger partial charge in [-0.25, -0.2) is 4.79 Å². The molecule has 0 saturated carbocycles. The number of hydrogen-bond donors (Lipinski definition) is 1. The fourth-order valence-corrected chi connectivity index (χ4v) is 4.55. The highest BCUT2D eigenvalue weighted by atomic mass is 16.7. The number of primary amides is 1. The number of rotatable bonds is 12. The molecule has 0 spiro atoms. The molecule has 0 aliphatic carbocycles. The third-order valence-electron chi connectivity index (χ3n) is 6.75. The smallest absolute Gasteiger partial charge is 0.335 e. The molecular formula is C32H41N3O8. The molecule has 11 heteroatoms. The lowest BCUT2D eigenvalue weighted by Gasteiger charge is -2.28. The van der Waals surface area contributed by atoms with Gasteiger partial charge < -0.3 is 24.9 Å². The van der Waals surface area contributed by atoms with Gasteiger partial charge in [0.2, 0.25) is 11.8 Å². The van der Waals surface area contributed by atoms with Gasteiger partial charge in [-0.05, 0) is 41.5 Å². The minimum absolute atomic E-state index is 0.0127. The molecule has 2 aromatic rings. The number of anilines is 1. The second kappa shape index (κ2) is 17.1. The maximum Gasteiger partial charge on any atom is 0.335 e. The van der Waals surface area contributed by atoms with E-state index in [1.54, 1.807) is 4.90 Å². The zero-order valence-corrected chi connectivity index (χ0v) is 24.9. The van der Waals surface area contributed by atoms with Crippen molar-refractivity contribution < 1.29 is 38.3 Å². The molecule has 0 unspecified atom stereocenters. The molecule has 1 fully saturated rings. The van der Waals surface area contributed by atoms with E-state index in [1.807, 2.05) is 30.3 Å².